The summed E-state index contributed by atoms with van der Waals surface area (Å²) in [5.74, 6) is -1.42. The summed E-state index contributed by atoms with van der Waals surface area (Å²) < 4.78 is 27.2. The van der Waals surface area contributed by atoms with Gasteiger partial charge in [-0.3, -0.25) is 19.7 Å². The summed E-state index contributed by atoms with van der Waals surface area (Å²) >= 11 is 0. The molecule has 1 aromatic heterocycles. The van der Waals surface area contributed by atoms with Crippen molar-refractivity contribution in [1.82, 2.24) is 4.98 Å². The zero-order valence-corrected chi connectivity index (χ0v) is 16.5. The highest BCUT2D eigenvalue weighted by Gasteiger charge is 2.35. The SMILES string of the molecule is CC1=C(N)/C(=N/Nc2ccc(S(=O)(=O)Nc3ccccn3)cc2)C(=O)C(C)C1=O. The Balaban J connectivity index is 1.78. The average Bonchev–Trinajstić information content (AvgIpc) is 2.71. The van der Waals surface area contributed by atoms with Gasteiger partial charge in [0.1, 0.15) is 5.82 Å². The van der Waals surface area contributed by atoms with Gasteiger partial charge in [-0.05, 0) is 50.2 Å². The number of nitrogens with zero attached hydrogens (tertiary/aromatic N) is 2. The minimum Gasteiger partial charge on any atom is -0.396 e. The van der Waals surface area contributed by atoms with Crippen LogP contribution in [0.2, 0.25) is 0 Å². The van der Waals surface area contributed by atoms with Crippen molar-refractivity contribution < 1.29 is 18.0 Å². The van der Waals surface area contributed by atoms with E-state index in [-0.39, 0.29) is 27.9 Å². The molecule has 0 amide bonds. The van der Waals surface area contributed by atoms with Crippen molar-refractivity contribution in [2.75, 3.05) is 10.1 Å². The molecule has 4 N–H and O–H groups in total. The second-order valence-corrected chi connectivity index (χ2v) is 8.09. The van der Waals surface area contributed by atoms with Crippen LogP contribution in [0.25, 0.3) is 0 Å². The van der Waals surface area contributed by atoms with E-state index in [0.717, 1.165) is 0 Å². The van der Waals surface area contributed by atoms with Crippen molar-refractivity contribution in [3.63, 3.8) is 0 Å². The molecule has 9 nitrogen and oxygen atoms in total. The lowest BCUT2D eigenvalue weighted by Crippen LogP contribution is -2.39. The first kappa shape index (κ1) is 20.2. The first-order valence-electron chi connectivity index (χ1n) is 8.63. The Kier molecular flexibility index (Phi) is 5.46. The van der Waals surface area contributed by atoms with Crippen molar-refractivity contribution in [1.29, 1.82) is 0 Å². The number of carbonyl (C=O) groups excluding carboxylic acids is 2. The predicted molar refractivity (Wildman–Crippen MR) is 109 cm³/mol. The summed E-state index contributed by atoms with van der Waals surface area (Å²) in [5.41, 5.74) is 9.27. The highest BCUT2D eigenvalue weighted by atomic mass is 32.2. The van der Waals surface area contributed by atoms with Gasteiger partial charge in [0.25, 0.3) is 10.0 Å². The molecule has 0 spiro atoms. The lowest BCUT2D eigenvalue weighted by Gasteiger charge is -2.19. The van der Waals surface area contributed by atoms with E-state index >= 15 is 0 Å². The van der Waals surface area contributed by atoms with Gasteiger partial charge in [-0.15, -0.1) is 0 Å². The Bertz CT molecular complexity index is 1120. The molecule has 1 aliphatic rings. The van der Waals surface area contributed by atoms with Crippen molar-refractivity contribution in [2.45, 2.75) is 18.7 Å². The molecule has 0 bridgehead atoms. The molecule has 1 aliphatic carbocycles. The third kappa shape index (κ3) is 4.16. The first-order valence-corrected chi connectivity index (χ1v) is 10.1. The van der Waals surface area contributed by atoms with Crippen LogP contribution in [-0.2, 0) is 19.6 Å². The number of carbonyl (C=O) groups is 2. The second kappa shape index (κ2) is 7.84. The molecule has 1 aromatic carbocycles. The number of pyridine rings is 1. The van der Waals surface area contributed by atoms with Gasteiger partial charge in [-0.1, -0.05) is 6.07 Å². The standard InChI is InChI=1S/C19H19N5O4S/c1-11-16(20)17(19(26)12(2)18(11)25)23-22-13-6-8-14(9-7-13)29(27,28)24-15-5-3-4-10-21-15/h3-10,12,22H,20H2,1-2H3,(H,21,24)/b23-17-. The Morgan fingerprint density at radius 1 is 1.07 bits per heavy atom. The maximum Gasteiger partial charge on any atom is 0.263 e. The summed E-state index contributed by atoms with van der Waals surface area (Å²) in [4.78, 5) is 28.2. The Morgan fingerprint density at radius 3 is 2.38 bits per heavy atom. The van der Waals surface area contributed by atoms with Gasteiger partial charge in [0.2, 0.25) is 0 Å². The molecule has 2 aromatic rings. The quantitative estimate of drug-likeness (QED) is 0.499. The number of Topliss-reactive ketones (excluding diaryl/α,β-unsaturated/α-hetero) is 2. The number of nitrogens with two attached hydrogens (primary N) is 1. The van der Waals surface area contributed by atoms with Crippen LogP contribution in [0.3, 0.4) is 0 Å². The van der Waals surface area contributed by atoms with Crippen LogP contribution in [0, 0.1) is 5.92 Å². The zero-order valence-electron chi connectivity index (χ0n) is 15.7. The summed E-state index contributed by atoms with van der Waals surface area (Å²) in [6.07, 6.45) is 1.48. The molecule has 1 atom stereocenters. The Labute approximate surface area is 167 Å². The highest BCUT2D eigenvalue weighted by molar-refractivity contribution is 7.92. The lowest BCUT2D eigenvalue weighted by molar-refractivity contribution is -0.126. The summed E-state index contributed by atoms with van der Waals surface area (Å²) in [6.45, 7) is 3.05. The third-order valence-electron chi connectivity index (χ3n) is 4.41. The summed E-state index contributed by atoms with van der Waals surface area (Å²) in [7, 11) is -3.80. The number of allylic oxidation sites excluding steroid dienone is 2. The Morgan fingerprint density at radius 2 is 1.76 bits per heavy atom. The van der Waals surface area contributed by atoms with Crippen LogP contribution in [0.1, 0.15) is 13.8 Å². The van der Waals surface area contributed by atoms with Crippen LogP contribution in [0.5, 0.6) is 0 Å². The van der Waals surface area contributed by atoms with Crippen LogP contribution in [0.15, 0.2) is 69.9 Å². The monoisotopic (exact) mass is 413 g/mol. The van der Waals surface area contributed by atoms with E-state index in [4.69, 9.17) is 5.73 Å². The van der Waals surface area contributed by atoms with E-state index < -0.39 is 21.7 Å². The van der Waals surface area contributed by atoms with Gasteiger partial charge < -0.3 is 5.73 Å². The fraction of sp³-hybridized carbons (Fsp3) is 0.158. The smallest absolute Gasteiger partial charge is 0.263 e. The number of nitrogens with one attached hydrogen (secondary N) is 2. The fourth-order valence-corrected chi connectivity index (χ4v) is 3.66. The van der Waals surface area contributed by atoms with E-state index in [1.165, 1.54) is 43.5 Å². The van der Waals surface area contributed by atoms with Crippen molar-refractivity contribution in [2.24, 2.45) is 16.8 Å². The molecule has 0 saturated heterocycles. The van der Waals surface area contributed by atoms with Gasteiger partial charge in [0, 0.05) is 11.8 Å². The largest absolute Gasteiger partial charge is 0.396 e. The van der Waals surface area contributed by atoms with Gasteiger partial charge in [-0.2, -0.15) is 5.10 Å². The fourth-order valence-electron chi connectivity index (χ4n) is 2.66. The van der Waals surface area contributed by atoms with Gasteiger partial charge in [0.05, 0.1) is 22.2 Å². The lowest BCUT2D eigenvalue weighted by atomic mass is 9.85. The van der Waals surface area contributed by atoms with Crippen LogP contribution < -0.4 is 15.9 Å². The molecule has 0 aliphatic heterocycles. The number of sulfonamides is 1. The Hall–Kier alpha value is -3.53. The molecule has 0 saturated carbocycles. The van der Waals surface area contributed by atoms with Crippen LogP contribution in [0.4, 0.5) is 11.5 Å². The van der Waals surface area contributed by atoms with E-state index in [1.54, 1.807) is 19.1 Å². The molecular formula is C19H19N5O4S. The van der Waals surface area contributed by atoms with Crippen LogP contribution in [-0.4, -0.2) is 30.7 Å². The first-order chi connectivity index (χ1) is 13.7. The van der Waals surface area contributed by atoms with E-state index in [1.807, 2.05) is 0 Å². The van der Waals surface area contributed by atoms with Gasteiger partial charge in [0.15, 0.2) is 17.3 Å². The predicted octanol–water partition coefficient (Wildman–Crippen LogP) is 1.67. The number of hydrogen-bond donors (Lipinski definition) is 3. The maximum absolute atomic E-state index is 12.4. The number of anilines is 2. The number of ketones is 2. The number of benzene rings is 1. The minimum absolute atomic E-state index is 0.0249. The highest BCUT2D eigenvalue weighted by Crippen LogP contribution is 2.20. The topological polar surface area (TPSA) is 144 Å². The molecule has 3 rings (SSSR count). The zero-order chi connectivity index (χ0) is 21.2. The second-order valence-electron chi connectivity index (χ2n) is 6.41. The maximum atomic E-state index is 12.4. The molecule has 10 heteroatoms. The molecule has 0 radical (unpaired) electrons. The van der Waals surface area contributed by atoms with E-state index in [0.29, 0.717) is 11.3 Å². The van der Waals surface area contributed by atoms with E-state index in [2.05, 4.69) is 20.2 Å². The van der Waals surface area contributed by atoms with Crippen molar-refractivity contribution >= 4 is 38.8 Å². The van der Waals surface area contributed by atoms with Crippen molar-refractivity contribution in [3.05, 3.63) is 59.9 Å². The number of rotatable bonds is 5. The molecular weight excluding hydrogens is 394 g/mol. The number of hydrogen-bond acceptors (Lipinski definition) is 8. The summed E-state index contributed by atoms with van der Waals surface area (Å²) in [5, 5.41) is 4.02. The van der Waals surface area contributed by atoms with Gasteiger partial charge >= 0.3 is 0 Å². The number of hydrazone groups is 1. The molecule has 150 valence electrons. The molecule has 1 heterocycles. The molecule has 29 heavy (non-hydrogen) atoms. The third-order valence-corrected chi connectivity index (χ3v) is 5.78. The number of aromatic nitrogens is 1. The molecule has 1 unspecified atom stereocenters. The normalized spacial score (nSPS) is 18.8. The van der Waals surface area contributed by atoms with E-state index in [9.17, 15) is 18.0 Å². The van der Waals surface area contributed by atoms with Gasteiger partial charge in [-0.25, -0.2) is 13.4 Å². The summed E-state index contributed by atoms with van der Waals surface area (Å²) in [6, 6.07) is 10.6. The minimum atomic E-state index is -3.80. The average molecular weight is 413 g/mol. The molecule has 0 fully saturated rings. The van der Waals surface area contributed by atoms with Crippen LogP contribution >= 0.6 is 0 Å². The van der Waals surface area contributed by atoms with Crippen molar-refractivity contribution in [3.8, 4) is 0 Å².